The van der Waals surface area contributed by atoms with Gasteiger partial charge >= 0.3 is 0 Å². The summed E-state index contributed by atoms with van der Waals surface area (Å²) in [4.78, 5) is 0. The fourth-order valence-corrected chi connectivity index (χ4v) is 1.47. The number of rotatable bonds is 6. The fourth-order valence-electron chi connectivity index (χ4n) is 1.47. The van der Waals surface area contributed by atoms with Crippen LogP contribution in [0.3, 0.4) is 0 Å². The van der Waals surface area contributed by atoms with Crippen molar-refractivity contribution in [2.75, 3.05) is 0 Å². The van der Waals surface area contributed by atoms with Gasteiger partial charge in [0.15, 0.2) is 0 Å². The third-order valence-electron chi connectivity index (χ3n) is 2.47. The van der Waals surface area contributed by atoms with Gasteiger partial charge in [-0.3, -0.25) is 4.68 Å². The van der Waals surface area contributed by atoms with Crippen LogP contribution in [0, 0.1) is 0 Å². The highest BCUT2D eigenvalue weighted by Crippen LogP contribution is 1.98. The van der Waals surface area contributed by atoms with Crippen LogP contribution in [0.2, 0.25) is 0 Å². The molecule has 0 aromatic carbocycles. The Morgan fingerprint density at radius 1 is 1.56 bits per heavy atom. The number of aryl methyl sites for hydroxylation is 1. The molecule has 5 heteroatoms. The largest absolute Gasteiger partial charge is 0.364 e. The molecule has 16 heavy (non-hydrogen) atoms. The van der Waals surface area contributed by atoms with Crippen molar-refractivity contribution in [3.63, 3.8) is 0 Å². The molecule has 1 unspecified atom stereocenters. The molecule has 0 spiro atoms. The van der Waals surface area contributed by atoms with E-state index >= 15 is 0 Å². The van der Waals surface area contributed by atoms with Crippen molar-refractivity contribution in [1.82, 2.24) is 20.3 Å². The quantitative estimate of drug-likeness (QED) is 0.800. The molecule has 5 nitrogen and oxygen atoms in total. The second-order valence-electron chi connectivity index (χ2n) is 3.83. The van der Waals surface area contributed by atoms with Crippen LogP contribution >= 0.6 is 0 Å². The Morgan fingerprint density at radius 3 is 3.19 bits per heavy atom. The zero-order chi connectivity index (χ0) is 11.2. The van der Waals surface area contributed by atoms with Gasteiger partial charge in [-0.15, -0.1) is 0 Å². The summed E-state index contributed by atoms with van der Waals surface area (Å²) in [6, 6.07) is 4.24. The Kier molecular flexibility index (Phi) is 3.71. The minimum absolute atomic E-state index is 0.431. The van der Waals surface area contributed by atoms with E-state index in [1.54, 1.807) is 12.5 Å². The lowest BCUT2D eigenvalue weighted by Gasteiger charge is -2.12. The van der Waals surface area contributed by atoms with E-state index in [1.165, 1.54) is 0 Å². The van der Waals surface area contributed by atoms with Crippen LogP contribution in [0.25, 0.3) is 0 Å². The van der Waals surface area contributed by atoms with Crippen LogP contribution in [0.1, 0.15) is 19.0 Å². The Hall–Kier alpha value is -1.62. The molecule has 1 N–H and O–H groups in total. The predicted molar refractivity (Wildman–Crippen MR) is 59.6 cm³/mol. The predicted octanol–water partition coefficient (Wildman–Crippen LogP) is 1.44. The first-order valence-electron chi connectivity index (χ1n) is 5.44. The molecule has 0 aliphatic rings. The fraction of sp³-hybridized carbons (Fsp3) is 0.455. The van der Waals surface area contributed by atoms with Crippen LogP contribution in [0.15, 0.2) is 35.3 Å². The molecule has 2 aromatic rings. The Labute approximate surface area is 94.4 Å². The Balaban J connectivity index is 1.66. The molecule has 2 heterocycles. The first kappa shape index (κ1) is 10.9. The molecule has 0 bridgehead atoms. The highest BCUT2D eigenvalue weighted by molar-refractivity contribution is 4.94. The molecule has 2 aromatic heterocycles. The van der Waals surface area contributed by atoms with E-state index in [-0.39, 0.29) is 0 Å². The summed E-state index contributed by atoms with van der Waals surface area (Å²) in [7, 11) is 0. The van der Waals surface area contributed by atoms with Gasteiger partial charge < -0.3 is 9.84 Å². The van der Waals surface area contributed by atoms with Gasteiger partial charge in [0.25, 0.3) is 0 Å². The number of nitrogens with one attached hydrogen (secondary N) is 1. The molecule has 0 saturated carbocycles. The van der Waals surface area contributed by atoms with Crippen LogP contribution < -0.4 is 5.32 Å². The van der Waals surface area contributed by atoms with Gasteiger partial charge in [-0.2, -0.15) is 5.10 Å². The summed E-state index contributed by atoms with van der Waals surface area (Å²) in [6.07, 6.45) is 6.41. The number of aromatic nitrogens is 3. The van der Waals surface area contributed by atoms with Crippen molar-refractivity contribution in [3.8, 4) is 0 Å². The van der Waals surface area contributed by atoms with Crippen molar-refractivity contribution in [2.45, 2.75) is 32.5 Å². The summed E-state index contributed by atoms with van der Waals surface area (Å²) < 4.78 is 6.70. The molecule has 0 radical (unpaired) electrons. The van der Waals surface area contributed by atoms with E-state index < -0.39 is 0 Å². The monoisotopic (exact) mass is 220 g/mol. The lowest BCUT2D eigenvalue weighted by molar-refractivity contribution is 0.400. The Morgan fingerprint density at radius 2 is 2.50 bits per heavy atom. The molecule has 0 aliphatic carbocycles. The molecule has 86 valence electrons. The lowest BCUT2D eigenvalue weighted by Crippen LogP contribution is -2.27. The summed E-state index contributed by atoms with van der Waals surface area (Å²) >= 11 is 0. The molecule has 1 atom stereocenters. The molecular weight excluding hydrogens is 204 g/mol. The second-order valence-corrected chi connectivity index (χ2v) is 3.83. The molecule has 0 aliphatic heterocycles. The van der Waals surface area contributed by atoms with E-state index in [1.807, 2.05) is 23.0 Å². The van der Waals surface area contributed by atoms with E-state index in [2.05, 4.69) is 22.5 Å². The van der Waals surface area contributed by atoms with Gasteiger partial charge in [0, 0.05) is 37.6 Å². The molecule has 0 amide bonds. The number of hydrogen-bond acceptors (Lipinski definition) is 4. The first-order chi connectivity index (χ1) is 7.84. The minimum Gasteiger partial charge on any atom is -0.364 e. The van der Waals surface area contributed by atoms with Crippen molar-refractivity contribution >= 4 is 0 Å². The molecule has 2 rings (SSSR count). The summed E-state index contributed by atoms with van der Waals surface area (Å²) in [5.74, 6) is 0. The maximum atomic E-state index is 4.76. The maximum Gasteiger partial charge on any atom is 0.124 e. The summed E-state index contributed by atoms with van der Waals surface area (Å²) in [6.45, 7) is 3.83. The van der Waals surface area contributed by atoms with Crippen molar-refractivity contribution in [1.29, 1.82) is 0 Å². The number of hydrogen-bond donors (Lipinski definition) is 1. The molecule has 0 saturated heterocycles. The third-order valence-corrected chi connectivity index (χ3v) is 2.47. The zero-order valence-corrected chi connectivity index (χ0v) is 9.34. The Bertz CT molecular complexity index is 344. The van der Waals surface area contributed by atoms with E-state index in [4.69, 9.17) is 4.52 Å². The second kappa shape index (κ2) is 5.46. The molecule has 0 fully saturated rings. The summed E-state index contributed by atoms with van der Waals surface area (Å²) in [5, 5.41) is 11.4. The van der Waals surface area contributed by atoms with Crippen molar-refractivity contribution < 1.29 is 4.52 Å². The van der Waals surface area contributed by atoms with Crippen LogP contribution in [-0.2, 0) is 13.1 Å². The standard InChI is InChI=1S/C11H16N4O/c1-10(3-7-15-6-2-5-13-15)12-9-11-4-8-16-14-11/h2,4-6,8,10,12H,3,7,9H2,1H3. The van der Waals surface area contributed by atoms with Gasteiger partial charge in [0.1, 0.15) is 6.26 Å². The smallest absolute Gasteiger partial charge is 0.124 e. The summed E-state index contributed by atoms with van der Waals surface area (Å²) in [5.41, 5.74) is 0.936. The highest BCUT2D eigenvalue weighted by Gasteiger charge is 2.03. The third kappa shape index (κ3) is 3.20. The maximum absolute atomic E-state index is 4.76. The van der Waals surface area contributed by atoms with Gasteiger partial charge in [0.2, 0.25) is 0 Å². The van der Waals surface area contributed by atoms with E-state index in [0.29, 0.717) is 6.04 Å². The van der Waals surface area contributed by atoms with Crippen molar-refractivity contribution in [3.05, 3.63) is 36.5 Å². The topological polar surface area (TPSA) is 55.9 Å². The minimum atomic E-state index is 0.431. The lowest BCUT2D eigenvalue weighted by atomic mass is 10.2. The first-order valence-corrected chi connectivity index (χ1v) is 5.44. The van der Waals surface area contributed by atoms with Gasteiger partial charge in [0.05, 0.1) is 5.69 Å². The average molecular weight is 220 g/mol. The average Bonchev–Trinajstić information content (AvgIpc) is 2.96. The van der Waals surface area contributed by atoms with Crippen LogP contribution in [0.4, 0.5) is 0 Å². The normalized spacial score (nSPS) is 12.8. The highest BCUT2D eigenvalue weighted by atomic mass is 16.5. The van der Waals surface area contributed by atoms with Gasteiger partial charge in [-0.25, -0.2) is 0 Å². The molecular formula is C11H16N4O. The SMILES string of the molecule is CC(CCn1cccn1)NCc1ccon1. The number of nitrogens with zero attached hydrogens (tertiary/aromatic N) is 3. The van der Waals surface area contributed by atoms with Crippen LogP contribution in [-0.4, -0.2) is 21.0 Å². The van der Waals surface area contributed by atoms with E-state index in [9.17, 15) is 0 Å². The van der Waals surface area contributed by atoms with E-state index in [0.717, 1.165) is 25.2 Å². The van der Waals surface area contributed by atoms with Crippen molar-refractivity contribution in [2.24, 2.45) is 0 Å². The van der Waals surface area contributed by atoms with Crippen LogP contribution in [0.5, 0.6) is 0 Å². The van der Waals surface area contributed by atoms with Gasteiger partial charge in [-0.05, 0) is 19.4 Å². The van der Waals surface area contributed by atoms with Gasteiger partial charge in [-0.1, -0.05) is 5.16 Å². The zero-order valence-electron chi connectivity index (χ0n) is 9.34.